The number of likely N-dealkylation sites (tertiary alicyclic amines) is 1. The zero-order valence-electron chi connectivity index (χ0n) is 26.2. The number of hydrogen-bond donors (Lipinski definition) is 0. The van der Waals surface area contributed by atoms with Gasteiger partial charge in [-0.3, -0.25) is 14.5 Å². The first-order valence-corrected chi connectivity index (χ1v) is 16.4. The number of aryl methyl sites for hydroxylation is 1. The first-order chi connectivity index (χ1) is 22.1. The number of amides is 2. The molecule has 15 heteroatoms. The highest BCUT2D eigenvalue weighted by atomic mass is 35.5. The van der Waals surface area contributed by atoms with Gasteiger partial charge in [0.2, 0.25) is 5.91 Å². The third-order valence-corrected chi connectivity index (χ3v) is 10.3. The summed E-state index contributed by atoms with van der Waals surface area (Å²) in [7, 11) is 0.606. The summed E-state index contributed by atoms with van der Waals surface area (Å²) in [6.45, 7) is 1.97. The number of nitrogens with zero attached hydrogens (tertiary/aromatic N) is 3. The Morgan fingerprint density at radius 1 is 0.979 bits per heavy atom. The first kappa shape index (κ1) is 34.3. The van der Waals surface area contributed by atoms with E-state index in [0.717, 1.165) is 18.2 Å². The van der Waals surface area contributed by atoms with Crippen LogP contribution in [0.25, 0.3) is 0 Å². The number of rotatable bonds is 8. The van der Waals surface area contributed by atoms with Crippen molar-refractivity contribution in [3.05, 3.63) is 76.3 Å². The molecule has 47 heavy (non-hydrogen) atoms. The number of ether oxygens (including phenoxy) is 3. The highest BCUT2D eigenvalue weighted by Gasteiger charge is 2.63. The molecule has 2 aliphatic rings. The van der Waals surface area contributed by atoms with Crippen molar-refractivity contribution in [2.24, 2.45) is 0 Å². The first-order valence-electron chi connectivity index (χ1n) is 14.5. The van der Waals surface area contributed by atoms with Crippen molar-refractivity contribution in [1.29, 1.82) is 0 Å². The number of fused-ring (bicyclic) bond motifs is 1. The predicted molar refractivity (Wildman–Crippen MR) is 167 cm³/mol. The molecule has 0 spiro atoms. The normalized spacial score (nSPS) is 20.1. The maximum Gasteiger partial charge on any atom is 0.573 e. The van der Waals surface area contributed by atoms with Gasteiger partial charge in [0.05, 0.1) is 25.9 Å². The van der Waals surface area contributed by atoms with Crippen LogP contribution in [0, 0.1) is 6.92 Å². The summed E-state index contributed by atoms with van der Waals surface area (Å²) in [4.78, 5) is 31.2. The molecule has 3 aromatic carbocycles. The molecular weight excluding hydrogens is 663 g/mol. The smallest absolute Gasteiger partial charge is 0.497 e. The number of benzene rings is 3. The molecule has 0 aromatic heterocycles. The Kier molecular flexibility index (Phi) is 9.16. The molecule has 2 amide bonds. The largest absolute Gasteiger partial charge is 0.573 e. The second-order valence-electron chi connectivity index (χ2n) is 11.4. The van der Waals surface area contributed by atoms with E-state index in [1.165, 1.54) is 37.3 Å². The monoisotopic (exact) mass is 695 g/mol. The number of piperidine rings is 1. The van der Waals surface area contributed by atoms with Gasteiger partial charge in [0.25, 0.3) is 15.9 Å². The number of alkyl halides is 3. The third-order valence-electron chi connectivity index (χ3n) is 8.36. The van der Waals surface area contributed by atoms with Crippen molar-refractivity contribution in [2.75, 3.05) is 39.2 Å². The molecule has 2 heterocycles. The van der Waals surface area contributed by atoms with Crippen molar-refractivity contribution in [3.8, 4) is 17.2 Å². The minimum Gasteiger partial charge on any atom is -0.497 e. The Balaban J connectivity index is 1.87. The van der Waals surface area contributed by atoms with Gasteiger partial charge in [-0.2, -0.15) is 0 Å². The van der Waals surface area contributed by atoms with Crippen LogP contribution in [0.4, 0.5) is 18.9 Å². The van der Waals surface area contributed by atoms with Gasteiger partial charge in [-0.25, -0.2) is 12.7 Å². The van der Waals surface area contributed by atoms with Gasteiger partial charge in [-0.05, 0) is 62.2 Å². The average Bonchev–Trinajstić information content (AvgIpc) is 3.27. The molecule has 2 atom stereocenters. The fourth-order valence-electron chi connectivity index (χ4n) is 6.40. The second kappa shape index (κ2) is 12.5. The van der Waals surface area contributed by atoms with E-state index in [-0.39, 0.29) is 45.8 Å². The third kappa shape index (κ3) is 5.87. The lowest BCUT2D eigenvalue weighted by Crippen LogP contribution is -2.62. The molecule has 5 rings (SSSR count). The minimum absolute atomic E-state index is 0.111. The van der Waals surface area contributed by atoms with Crippen LogP contribution in [-0.2, 0) is 25.2 Å². The summed E-state index contributed by atoms with van der Waals surface area (Å²) in [5, 5.41) is 0.157. The zero-order chi connectivity index (χ0) is 34.5. The standard InChI is InChI=1S/C32H33ClF3N3O7S/c1-19-9-13-26(45-5)23(16-19)31(38-15-7-6-8-25(38)29(40)37(2)3)22-17-20(33)10-12-24(22)39(30(31)41)47(42,43)28-14-11-21(44-4)18-27(28)46-32(34,35)36/h9-14,16-18,25H,6-8,15H2,1-5H3/t25-,31?/m0/s1. The lowest BCUT2D eigenvalue weighted by Gasteiger charge is -2.47. The van der Waals surface area contributed by atoms with Crippen LogP contribution in [0.5, 0.6) is 17.2 Å². The molecule has 0 bridgehead atoms. The molecule has 1 saturated heterocycles. The van der Waals surface area contributed by atoms with E-state index < -0.39 is 44.5 Å². The zero-order valence-corrected chi connectivity index (χ0v) is 27.8. The molecule has 2 aliphatic heterocycles. The molecule has 0 saturated carbocycles. The molecule has 0 N–H and O–H groups in total. The van der Waals surface area contributed by atoms with Crippen LogP contribution < -0.4 is 18.5 Å². The van der Waals surface area contributed by atoms with Gasteiger partial charge in [0.15, 0.2) is 11.3 Å². The summed E-state index contributed by atoms with van der Waals surface area (Å²) in [5.41, 5.74) is -1.11. The van der Waals surface area contributed by atoms with Gasteiger partial charge < -0.3 is 19.1 Å². The summed E-state index contributed by atoms with van der Waals surface area (Å²) >= 11 is 6.53. The van der Waals surface area contributed by atoms with Gasteiger partial charge in [-0.15, -0.1) is 13.2 Å². The number of halogens is 4. The number of anilines is 1. The van der Waals surface area contributed by atoms with Crippen LogP contribution in [0.3, 0.4) is 0 Å². The summed E-state index contributed by atoms with van der Waals surface area (Å²) in [6, 6.07) is 11.1. The lowest BCUT2D eigenvalue weighted by atomic mass is 9.78. The van der Waals surface area contributed by atoms with Crippen LogP contribution in [0.2, 0.25) is 5.02 Å². The predicted octanol–water partition coefficient (Wildman–Crippen LogP) is 5.49. The lowest BCUT2D eigenvalue weighted by molar-refractivity contribution is -0.275. The summed E-state index contributed by atoms with van der Waals surface area (Å²) in [5.74, 6) is -2.35. The number of sulfonamides is 1. The second-order valence-corrected chi connectivity index (χ2v) is 13.6. The Morgan fingerprint density at radius 2 is 1.70 bits per heavy atom. The quantitative estimate of drug-likeness (QED) is 0.305. The van der Waals surface area contributed by atoms with Crippen LogP contribution in [-0.4, -0.2) is 77.3 Å². The van der Waals surface area contributed by atoms with E-state index in [1.54, 1.807) is 44.1 Å². The number of carbonyl (C=O) groups is 2. The van der Waals surface area contributed by atoms with Crippen molar-refractivity contribution in [3.63, 3.8) is 0 Å². The number of methoxy groups -OCH3 is 2. The highest BCUT2D eigenvalue weighted by Crippen LogP contribution is 2.55. The summed E-state index contributed by atoms with van der Waals surface area (Å²) < 4.78 is 85.3. The van der Waals surface area contributed by atoms with Crippen LogP contribution >= 0.6 is 11.6 Å². The fourth-order valence-corrected chi connectivity index (χ4v) is 8.13. The molecule has 1 fully saturated rings. The van der Waals surface area contributed by atoms with Gasteiger partial charge in [0, 0.05) is 42.9 Å². The fraction of sp³-hybridized carbons (Fsp3) is 0.375. The molecule has 252 valence electrons. The van der Waals surface area contributed by atoms with E-state index >= 15 is 4.79 Å². The molecule has 0 aliphatic carbocycles. The maximum atomic E-state index is 15.3. The van der Waals surface area contributed by atoms with Crippen molar-refractivity contribution in [2.45, 2.75) is 49.0 Å². The maximum absolute atomic E-state index is 15.3. The van der Waals surface area contributed by atoms with Crippen molar-refractivity contribution >= 4 is 39.1 Å². The van der Waals surface area contributed by atoms with Gasteiger partial charge in [0.1, 0.15) is 16.4 Å². The SMILES string of the molecule is COc1ccc(S(=O)(=O)N2C(=O)C(c3cc(C)ccc3OC)(N3CCCC[C@H]3C(=O)N(C)C)c3cc(Cl)ccc32)c(OC(F)(F)F)c1. The van der Waals surface area contributed by atoms with Crippen molar-refractivity contribution in [1.82, 2.24) is 9.80 Å². The molecule has 10 nitrogen and oxygen atoms in total. The van der Waals surface area contributed by atoms with Crippen LogP contribution in [0.15, 0.2) is 59.5 Å². The topological polar surface area (TPSA) is 106 Å². The average molecular weight is 696 g/mol. The molecular formula is C32H33ClF3N3O7S. The molecule has 0 radical (unpaired) electrons. The molecule has 3 aromatic rings. The van der Waals surface area contributed by atoms with E-state index in [9.17, 15) is 26.4 Å². The Hall–Kier alpha value is -4.01. The summed E-state index contributed by atoms with van der Waals surface area (Å²) in [6.07, 6.45) is -3.70. The number of likely N-dealkylation sites (N-methyl/N-ethyl adjacent to an activating group) is 1. The van der Waals surface area contributed by atoms with E-state index in [2.05, 4.69) is 4.74 Å². The Labute approximate surface area is 275 Å². The van der Waals surface area contributed by atoms with Gasteiger partial charge in [-0.1, -0.05) is 29.7 Å². The van der Waals surface area contributed by atoms with E-state index in [4.69, 9.17) is 21.1 Å². The molecule has 1 unspecified atom stereocenters. The highest BCUT2D eigenvalue weighted by molar-refractivity contribution is 7.93. The Bertz CT molecular complexity index is 1840. The Morgan fingerprint density at radius 3 is 2.34 bits per heavy atom. The van der Waals surface area contributed by atoms with E-state index in [0.29, 0.717) is 29.1 Å². The minimum atomic E-state index is -5.27. The number of hydrogen-bond acceptors (Lipinski definition) is 8. The number of carbonyl (C=O) groups excluding carboxylic acids is 2. The van der Waals surface area contributed by atoms with Crippen LogP contribution in [0.1, 0.15) is 36.0 Å². The van der Waals surface area contributed by atoms with E-state index in [1.807, 2.05) is 0 Å². The van der Waals surface area contributed by atoms with Gasteiger partial charge >= 0.3 is 6.36 Å². The van der Waals surface area contributed by atoms with Crippen molar-refractivity contribution < 1.29 is 45.4 Å².